The van der Waals surface area contributed by atoms with E-state index >= 15 is 0 Å². The number of carbonyl (C=O) groups is 2. The SMILES string of the molecule is CC(C)(C)c1ccc(OCC(=O)N/N=C\c2ccc(OC(=O)c3ccccc3Cl)cc2)cc1. The summed E-state index contributed by atoms with van der Waals surface area (Å²) in [6.45, 7) is 6.25. The van der Waals surface area contributed by atoms with Crippen LogP contribution in [0.25, 0.3) is 0 Å². The zero-order valence-corrected chi connectivity index (χ0v) is 19.4. The average Bonchev–Trinajstić information content (AvgIpc) is 2.79. The molecule has 0 saturated carbocycles. The van der Waals surface area contributed by atoms with Crippen molar-refractivity contribution in [3.05, 3.63) is 94.5 Å². The zero-order chi connectivity index (χ0) is 23.8. The van der Waals surface area contributed by atoms with Crippen LogP contribution in [-0.4, -0.2) is 24.7 Å². The summed E-state index contributed by atoms with van der Waals surface area (Å²) in [5.41, 5.74) is 4.67. The van der Waals surface area contributed by atoms with Gasteiger partial charge in [-0.2, -0.15) is 5.10 Å². The van der Waals surface area contributed by atoms with Crippen LogP contribution in [0.1, 0.15) is 42.3 Å². The van der Waals surface area contributed by atoms with Crippen LogP contribution in [0, 0.1) is 0 Å². The molecule has 170 valence electrons. The number of rotatable bonds is 7. The molecule has 1 amide bonds. The summed E-state index contributed by atoms with van der Waals surface area (Å²) in [5.74, 6) is 0.0646. The van der Waals surface area contributed by atoms with Gasteiger partial charge >= 0.3 is 5.97 Å². The maximum Gasteiger partial charge on any atom is 0.345 e. The van der Waals surface area contributed by atoms with E-state index in [1.807, 2.05) is 24.3 Å². The molecule has 6 nitrogen and oxygen atoms in total. The van der Waals surface area contributed by atoms with Crippen LogP contribution in [0.2, 0.25) is 5.02 Å². The monoisotopic (exact) mass is 464 g/mol. The minimum atomic E-state index is -0.540. The van der Waals surface area contributed by atoms with E-state index in [2.05, 4.69) is 31.3 Å². The van der Waals surface area contributed by atoms with Gasteiger partial charge in [0.15, 0.2) is 6.61 Å². The zero-order valence-electron chi connectivity index (χ0n) is 18.7. The molecule has 7 heteroatoms. The van der Waals surface area contributed by atoms with Crippen LogP contribution < -0.4 is 14.9 Å². The number of amides is 1. The fourth-order valence-electron chi connectivity index (χ4n) is 2.82. The number of hydrogen-bond donors (Lipinski definition) is 1. The molecule has 33 heavy (non-hydrogen) atoms. The molecule has 0 heterocycles. The van der Waals surface area contributed by atoms with Crippen LogP contribution in [0.15, 0.2) is 77.9 Å². The third-order valence-electron chi connectivity index (χ3n) is 4.68. The van der Waals surface area contributed by atoms with Gasteiger partial charge in [0.05, 0.1) is 16.8 Å². The topological polar surface area (TPSA) is 77.0 Å². The predicted molar refractivity (Wildman–Crippen MR) is 129 cm³/mol. The van der Waals surface area contributed by atoms with Crippen LogP contribution in [-0.2, 0) is 10.2 Å². The minimum absolute atomic E-state index is 0.0556. The number of benzene rings is 3. The third-order valence-corrected chi connectivity index (χ3v) is 5.01. The van der Waals surface area contributed by atoms with Gasteiger partial charge in [0, 0.05) is 0 Å². The summed E-state index contributed by atoms with van der Waals surface area (Å²) in [6.07, 6.45) is 1.48. The standard InChI is InChI=1S/C26H25ClN2O4/c1-26(2,3)19-10-14-20(15-11-19)32-17-24(30)29-28-16-18-8-12-21(13-9-18)33-25(31)22-6-4-5-7-23(22)27/h4-16H,17H2,1-3H3,(H,29,30)/b28-16-. The van der Waals surface area contributed by atoms with Crippen molar-refractivity contribution in [1.82, 2.24) is 5.43 Å². The number of carbonyl (C=O) groups excluding carboxylic acids is 2. The first kappa shape index (κ1) is 24.0. The molecular weight excluding hydrogens is 440 g/mol. The molecule has 1 N–H and O–H groups in total. The largest absolute Gasteiger partial charge is 0.484 e. The summed E-state index contributed by atoms with van der Waals surface area (Å²) in [6, 6.07) is 21.0. The molecule has 0 fully saturated rings. The van der Waals surface area contributed by atoms with Crippen LogP contribution >= 0.6 is 11.6 Å². The first-order chi connectivity index (χ1) is 15.7. The summed E-state index contributed by atoms with van der Waals surface area (Å²) in [7, 11) is 0. The van der Waals surface area contributed by atoms with Crippen molar-refractivity contribution in [3.63, 3.8) is 0 Å². The summed E-state index contributed by atoms with van der Waals surface area (Å²) >= 11 is 6.01. The van der Waals surface area contributed by atoms with Crippen LogP contribution in [0.5, 0.6) is 11.5 Å². The molecule has 3 aromatic rings. The summed E-state index contributed by atoms with van der Waals surface area (Å²) in [5, 5.41) is 4.25. The van der Waals surface area contributed by atoms with E-state index < -0.39 is 5.97 Å². The van der Waals surface area contributed by atoms with Gasteiger partial charge in [-0.3, -0.25) is 4.79 Å². The Kier molecular flexibility index (Phi) is 7.85. The molecule has 0 aliphatic rings. The molecule has 3 aromatic carbocycles. The molecule has 0 aromatic heterocycles. The first-order valence-corrected chi connectivity index (χ1v) is 10.7. The van der Waals surface area contributed by atoms with Crippen molar-refractivity contribution in [2.45, 2.75) is 26.2 Å². The van der Waals surface area contributed by atoms with E-state index in [9.17, 15) is 9.59 Å². The van der Waals surface area contributed by atoms with Crippen LogP contribution in [0.3, 0.4) is 0 Å². The molecule has 0 bridgehead atoms. The van der Waals surface area contributed by atoms with E-state index in [0.29, 0.717) is 27.6 Å². The van der Waals surface area contributed by atoms with Gasteiger partial charge in [0.1, 0.15) is 11.5 Å². The molecule has 0 aliphatic heterocycles. The molecule has 0 unspecified atom stereocenters. The van der Waals surface area contributed by atoms with Gasteiger partial charge < -0.3 is 9.47 Å². The highest BCUT2D eigenvalue weighted by molar-refractivity contribution is 6.33. The van der Waals surface area contributed by atoms with E-state index in [1.54, 1.807) is 48.5 Å². The van der Waals surface area contributed by atoms with Crippen LogP contribution in [0.4, 0.5) is 0 Å². The molecule has 3 rings (SSSR count). The van der Waals surface area contributed by atoms with E-state index in [4.69, 9.17) is 21.1 Å². The molecule has 0 radical (unpaired) electrons. The molecule has 0 spiro atoms. The Morgan fingerprint density at radius 1 is 0.939 bits per heavy atom. The smallest absolute Gasteiger partial charge is 0.345 e. The second-order valence-corrected chi connectivity index (χ2v) is 8.70. The van der Waals surface area contributed by atoms with Crippen molar-refractivity contribution < 1.29 is 19.1 Å². The lowest BCUT2D eigenvalue weighted by molar-refractivity contribution is -0.123. The molecular formula is C26H25ClN2O4. The Bertz CT molecular complexity index is 1130. The number of hydrogen-bond acceptors (Lipinski definition) is 5. The second kappa shape index (κ2) is 10.8. The summed E-state index contributed by atoms with van der Waals surface area (Å²) < 4.78 is 10.8. The van der Waals surface area contributed by atoms with E-state index in [0.717, 1.165) is 0 Å². The van der Waals surface area contributed by atoms with Crippen molar-refractivity contribution in [2.24, 2.45) is 5.10 Å². The highest BCUT2D eigenvalue weighted by atomic mass is 35.5. The highest BCUT2D eigenvalue weighted by Crippen LogP contribution is 2.24. The van der Waals surface area contributed by atoms with Gasteiger partial charge in [-0.15, -0.1) is 0 Å². The van der Waals surface area contributed by atoms with Crippen molar-refractivity contribution in [1.29, 1.82) is 0 Å². The van der Waals surface area contributed by atoms with Gasteiger partial charge in [0.2, 0.25) is 0 Å². The Labute approximate surface area is 198 Å². The normalized spacial score (nSPS) is 11.3. The summed E-state index contributed by atoms with van der Waals surface area (Å²) in [4.78, 5) is 24.2. The number of nitrogens with zero attached hydrogens (tertiary/aromatic N) is 1. The third kappa shape index (κ3) is 7.19. The number of ether oxygens (including phenoxy) is 2. The number of nitrogens with one attached hydrogen (secondary N) is 1. The molecule has 0 saturated heterocycles. The van der Waals surface area contributed by atoms with Crippen molar-refractivity contribution in [3.8, 4) is 11.5 Å². The first-order valence-electron chi connectivity index (χ1n) is 10.3. The van der Waals surface area contributed by atoms with E-state index in [-0.39, 0.29) is 17.9 Å². The Morgan fingerprint density at radius 3 is 2.21 bits per heavy atom. The number of hydrazone groups is 1. The number of esters is 1. The Balaban J connectivity index is 1.45. The van der Waals surface area contributed by atoms with Gasteiger partial charge in [-0.25, -0.2) is 10.2 Å². The lowest BCUT2D eigenvalue weighted by atomic mass is 9.87. The lowest BCUT2D eigenvalue weighted by Crippen LogP contribution is -2.24. The fourth-order valence-corrected chi connectivity index (χ4v) is 3.03. The van der Waals surface area contributed by atoms with Gasteiger partial charge in [-0.1, -0.05) is 56.6 Å². The molecule has 0 aliphatic carbocycles. The second-order valence-electron chi connectivity index (χ2n) is 8.29. The van der Waals surface area contributed by atoms with Gasteiger partial charge in [-0.05, 0) is 65.1 Å². The maximum atomic E-state index is 12.2. The predicted octanol–water partition coefficient (Wildman–Crippen LogP) is 5.39. The minimum Gasteiger partial charge on any atom is -0.484 e. The van der Waals surface area contributed by atoms with Gasteiger partial charge in [0.25, 0.3) is 5.91 Å². The average molecular weight is 465 g/mol. The van der Waals surface area contributed by atoms with Crippen molar-refractivity contribution in [2.75, 3.05) is 6.61 Å². The van der Waals surface area contributed by atoms with Crippen molar-refractivity contribution >= 4 is 29.7 Å². The molecule has 0 atom stereocenters. The van der Waals surface area contributed by atoms with E-state index in [1.165, 1.54) is 11.8 Å². The maximum absolute atomic E-state index is 12.2. The fraction of sp³-hybridized carbons (Fsp3) is 0.192. The number of halogens is 1. The Morgan fingerprint density at radius 2 is 1.58 bits per heavy atom. The lowest BCUT2D eigenvalue weighted by Gasteiger charge is -2.19. The highest BCUT2D eigenvalue weighted by Gasteiger charge is 2.13. The Hall–Kier alpha value is -3.64. The quantitative estimate of drug-likeness (QED) is 0.220.